The van der Waals surface area contributed by atoms with E-state index in [0.717, 1.165) is 62.8 Å². The largest absolute Gasteiger partial charge is 0.508 e. The molecule has 12 heteroatoms. The van der Waals surface area contributed by atoms with Crippen LogP contribution >= 0.6 is 0 Å². The van der Waals surface area contributed by atoms with E-state index >= 15 is 0 Å². The Bertz CT molecular complexity index is 1870. The minimum atomic E-state index is -4.35. The first kappa shape index (κ1) is 30.8. The minimum absolute atomic E-state index is 0.202. The monoisotopic (exact) mass is 612 g/mol. The number of anilines is 4. The number of aromatic hydroxyl groups is 1. The van der Waals surface area contributed by atoms with E-state index in [1.165, 1.54) is 12.1 Å². The molecule has 0 aliphatic heterocycles. The molecule has 6 aromatic rings. The van der Waals surface area contributed by atoms with Crippen molar-refractivity contribution in [3.8, 4) is 28.3 Å². The van der Waals surface area contributed by atoms with Gasteiger partial charge in [-0.25, -0.2) is 19.9 Å². The summed E-state index contributed by atoms with van der Waals surface area (Å²) in [5.41, 5.74) is 8.52. The molecule has 2 aromatic carbocycles. The Balaban J connectivity index is 0.000000179. The average molecular weight is 613 g/mol. The van der Waals surface area contributed by atoms with Crippen LogP contribution in [0.1, 0.15) is 28.1 Å². The van der Waals surface area contributed by atoms with Crippen molar-refractivity contribution in [2.45, 2.75) is 33.9 Å². The van der Waals surface area contributed by atoms with Crippen molar-refractivity contribution >= 4 is 23.3 Å². The topological polar surface area (TPSA) is 127 Å². The lowest BCUT2D eigenvalue weighted by Crippen LogP contribution is -2.05. The van der Waals surface area contributed by atoms with Crippen molar-refractivity contribution in [1.82, 2.24) is 29.9 Å². The van der Waals surface area contributed by atoms with E-state index in [2.05, 4.69) is 40.5 Å². The van der Waals surface area contributed by atoms with Crippen LogP contribution < -0.4 is 10.6 Å². The summed E-state index contributed by atoms with van der Waals surface area (Å²) < 4.78 is 37.8. The number of nitrogens with zero attached hydrogens (tertiary/aromatic N) is 4. The number of alkyl halides is 3. The third kappa shape index (κ3) is 7.47. The van der Waals surface area contributed by atoms with E-state index < -0.39 is 11.7 Å². The molecule has 4 heterocycles. The maximum Gasteiger partial charge on any atom is 0.416 e. The van der Waals surface area contributed by atoms with E-state index in [1.54, 1.807) is 36.7 Å². The zero-order valence-electron chi connectivity index (χ0n) is 25.0. The van der Waals surface area contributed by atoms with Crippen LogP contribution in [0.25, 0.3) is 22.5 Å². The van der Waals surface area contributed by atoms with Gasteiger partial charge >= 0.3 is 6.18 Å². The summed E-state index contributed by atoms with van der Waals surface area (Å²) in [7, 11) is 0. The standard InChI is InChI=1S/C17H15F3N4.C16H16N4O/c1-10-9-22-11(2)15(10)14-7-8-21-16(24-14)23-13-5-3-12(4-6-13)17(18,19)20;1-10-9-18-11(2)15(10)14-6-7-17-16(20-14)19-12-4-3-5-13(21)8-12/h3-9,22H,1-2H3,(H,21,23,24);3-9,18,21H,1-2H3,(H,17,19,20). The fourth-order valence-corrected chi connectivity index (χ4v) is 4.80. The Kier molecular flexibility index (Phi) is 8.84. The van der Waals surface area contributed by atoms with Crippen LogP contribution in [0.4, 0.5) is 36.4 Å². The zero-order valence-corrected chi connectivity index (χ0v) is 25.0. The van der Waals surface area contributed by atoms with Crippen LogP contribution in [0.5, 0.6) is 5.75 Å². The summed E-state index contributed by atoms with van der Waals surface area (Å²) in [6.45, 7) is 7.99. The van der Waals surface area contributed by atoms with Crippen molar-refractivity contribution in [1.29, 1.82) is 0 Å². The average Bonchev–Trinajstić information content (AvgIpc) is 3.52. The fourth-order valence-electron chi connectivity index (χ4n) is 4.80. The Morgan fingerprint density at radius 3 is 1.62 bits per heavy atom. The van der Waals surface area contributed by atoms with Crippen molar-refractivity contribution in [2.24, 2.45) is 0 Å². The van der Waals surface area contributed by atoms with Gasteiger partial charge in [0, 0.05) is 64.7 Å². The van der Waals surface area contributed by atoms with E-state index in [0.29, 0.717) is 17.6 Å². The predicted octanol–water partition coefficient (Wildman–Crippen LogP) is 8.39. The summed E-state index contributed by atoms with van der Waals surface area (Å²) in [6, 6.07) is 15.3. The van der Waals surface area contributed by atoms with Crippen LogP contribution in [0.15, 0.2) is 85.5 Å². The van der Waals surface area contributed by atoms with E-state index in [1.807, 2.05) is 52.2 Å². The highest BCUT2D eigenvalue weighted by Crippen LogP contribution is 2.31. The molecule has 9 nitrogen and oxygen atoms in total. The molecular formula is C33H31F3N8O. The normalized spacial score (nSPS) is 11.1. The number of hydrogen-bond acceptors (Lipinski definition) is 7. The van der Waals surface area contributed by atoms with Gasteiger partial charge in [0.1, 0.15) is 5.75 Å². The molecular weight excluding hydrogens is 581 g/mol. The molecule has 0 saturated carbocycles. The molecule has 0 unspecified atom stereocenters. The molecule has 0 radical (unpaired) electrons. The second-order valence-corrected chi connectivity index (χ2v) is 10.3. The number of hydrogen-bond donors (Lipinski definition) is 5. The Morgan fingerprint density at radius 1 is 0.667 bits per heavy atom. The van der Waals surface area contributed by atoms with Crippen LogP contribution in [0, 0.1) is 27.7 Å². The highest BCUT2D eigenvalue weighted by molar-refractivity contribution is 5.69. The summed E-state index contributed by atoms with van der Waals surface area (Å²) >= 11 is 0. The van der Waals surface area contributed by atoms with E-state index in [9.17, 15) is 18.3 Å². The number of rotatable bonds is 6. The first-order valence-electron chi connectivity index (χ1n) is 13.9. The number of H-pyrrole nitrogens is 2. The number of aromatic nitrogens is 6. The molecule has 4 aromatic heterocycles. The maximum absolute atomic E-state index is 12.6. The number of aromatic amines is 2. The lowest BCUT2D eigenvalue weighted by atomic mass is 10.1. The lowest BCUT2D eigenvalue weighted by molar-refractivity contribution is -0.137. The molecule has 0 amide bonds. The smallest absolute Gasteiger partial charge is 0.416 e. The molecule has 0 aliphatic carbocycles. The molecule has 0 spiro atoms. The van der Waals surface area contributed by atoms with Crippen molar-refractivity contribution in [2.75, 3.05) is 10.6 Å². The first-order valence-corrected chi connectivity index (χ1v) is 13.9. The first-order chi connectivity index (χ1) is 21.5. The Labute approximate surface area is 257 Å². The highest BCUT2D eigenvalue weighted by atomic mass is 19.4. The second-order valence-electron chi connectivity index (χ2n) is 10.3. The minimum Gasteiger partial charge on any atom is -0.508 e. The van der Waals surface area contributed by atoms with Crippen molar-refractivity contribution < 1.29 is 18.3 Å². The van der Waals surface area contributed by atoms with Gasteiger partial charge in [-0.3, -0.25) is 0 Å². The van der Waals surface area contributed by atoms with E-state index in [-0.39, 0.29) is 5.75 Å². The molecule has 0 bridgehead atoms. The van der Waals surface area contributed by atoms with Gasteiger partial charge in [0.2, 0.25) is 11.9 Å². The number of phenolic OH excluding ortho intramolecular Hbond substituents is 1. The predicted molar refractivity (Wildman–Crippen MR) is 169 cm³/mol. The van der Waals surface area contributed by atoms with Gasteiger partial charge in [0.15, 0.2) is 0 Å². The third-order valence-corrected chi connectivity index (χ3v) is 6.94. The summed E-state index contributed by atoms with van der Waals surface area (Å²) in [5, 5.41) is 15.5. The zero-order chi connectivity index (χ0) is 32.1. The number of phenols is 1. The summed E-state index contributed by atoms with van der Waals surface area (Å²) in [6.07, 6.45) is 2.85. The van der Waals surface area contributed by atoms with Crippen molar-refractivity contribution in [3.63, 3.8) is 0 Å². The molecule has 45 heavy (non-hydrogen) atoms. The van der Waals surface area contributed by atoms with Gasteiger partial charge in [-0.2, -0.15) is 13.2 Å². The van der Waals surface area contributed by atoms with Crippen molar-refractivity contribution in [3.05, 3.63) is 114 Å². The van der Waals surface area contributed by atoms with Gasteiger partial charge < -0.3 is 25.7 Å². The Morgan fingerprint density at radius 2 is 1.18 bits per heavy atom. The van der Waals surface area contributed by atoms with Gasteiger partial charge in [-0.15, -0.1) is 0 Å². The van der Waals surface area contributed by atoms with Crippen LogP contribution in [-0.4, -0.2) is 35.0 Å². The van der Waals surface area contributed by atoms with Crippen LogP contribution in [-0.2, 0) is 6.18 Å². The second kappa shape index (κ2) is 12.9. The maximum atomic E-state index is 12.6. The van der Waals surface area contributed by atoms with Crippen LogP contribution in [0.2, 0.25) is 0 Å². The molecule has 5 N–H and O–H groups in total. The number of nitrogens with one attached hydrogen (secondary N) is 4. The van der Waals surface area contributed by atoms with Gasteiger partial charge in [-0.05, 0) is 87.4 Å². The van der Waals surface area contributed by atoms with Gasteiger partial charge in [-0.1, -0.05) is 6.07 Å². The highest BCUT2D eigenvalue weighted by Gasteiger charge is 2.30. The van der Waals surface area contributed by atoms with Gasteiger partial charge in [0.05, 0.1) is 17.0 Å². The SMILES string of the molecule is Cc1c[nH]c(C)c1-c1ccnc(Nc2ccc(C(F)(F)F)cc2)n1.Cc1c[nH]c(C)c1-c1ccnc(Nc2cccc(O)c2)n1. The van der Waals surface area contributed by atoms with E-state index in [4.69, 9.17) is 0 Å². The number of halogens is 3. The number of aryl methyl sites for hydroxylation is 4. The third-order valence-electron chi connectivity index (χ3n) is 6.94. The lowest BCUT2D eigenvalue weighted by Gasteiger charge is -2.09. The molecule has 6 rings (SSSR count). The fraction of sp³-hybridized carbons (Fsp3) is 0.152. The molecule has 0 fully saturated rings. The number of benzene rings is 2. The summed E-state index contributed by atoms with van der Waals surface area (Å²) in [4.78, 5) is 23.7. The van der Waals surface area contributed by atoms with Gasteiger partial charge in [0.25, 0.3) is 0 Å². The molecule has 0 aliphatic rings. The summed E-state index contributed by atoms with van der Waals surface area (Å²) in [5.74, 6) is 1.03. The molecule has 230 valence electrons. The Hall–Kier alpha value is -5.65. The molecule has 0 saturated heterocycles. The quantitative estimate of drug-likeness (QED) is 0.128. The van der Waals surface area contributed by atoms with Crippen LogP contribution in [0.3, 0.4) is 0 Å². The molecule has 0 atom stereocenters.